The zero-order valence-corrected chi connectivity index (χ0v) is 14.9. The van der Waals surface area contributed by atoms with E-state index in [1.54, 1.807) is 0 Å². The largest absolute Gasteiger partial charge is 0.384 e. The Morgan fingerprint density at radius 1 is 1.39 bits per heavy atom. The Hall–Kier alpha value is -2.11. The van der Waals surface area contributed by atoms with Crippen molar-refractivity contribution in [1.29, 1.82) is 5.26 Å². The predicted molar refractivity (Wildman–Crippen MR) is 93.8 cm³/mol. The standard InChI is InChI=1S/C15H13BrN6S/c1-8(23-15-20-9(5-17)3-14(18)21-15)12-4-10-11(16)7-22(2)13(10)6-19-12/h3-4,6-8H,1-2H3,(H2,18,20,21). The average molecular weight is 389 g/mol. The zero-order chi connectivity index (χ0) is 16.6. The van der Waals surface area contributed by atoms with Crippen molar-refractivity contribution in [3.05, 3.63) is 40.4 Å². The number of anilines is 1. The molecular formula is C15H13BrN6S. The second kappa shape index (κ2) is 6.18. The second-order valence-electron chi connectivity index (χ2n) is 5.05. The van der Waals surface area contributed by atoms with Crippen LogP contribution in [0.2, 0.25) is 0 Å². The molecule has 23 heavy (non-hydrogen) atoms. The van der Waals surface area contributed by atoms with E-state index in [4.69, 9.17) is 11.0 Å². The Balaban J connectivity index is 1.91. The van der Waals surface area contributed by atoms with E-state index < -0.39 is 0 Å². The summed E-state index contributed by atoms with van der Waals surface area (Å²) in [6.45, 7) is 2.02. The van der Waals surface area contributed by atoms with Crippen molar-refractivity contribution in [2.75, 3.05) is 5.73 Å². The Bertz CT molecular complexity index is 930. The normalized spacial score (nSPS) is 12.3. The highest BCUT2D eigenvalue weighted by molar-refractivity contribution is 9.10. The van der Waals surface area contributed by atoms with Crippen molar-refractivity contribution < 1.29 is 0 Å². The van der Waals surface area contributed by atoms with Crippen LogP contribution in [0, 0.1) is 11.3 Å². The minimum absolute atomic E-state index is 0.0276. The number of hydrogen-bond acceptors (Lipinski definition) is 6. The smallest absolute Gasteiger partial charge is 0.191 e. The molecule has 1 unspecified atom stereocenters. The van der Waals surface area contributed by atoms with Gasteiger partial charge in [-0.15, -0.1) is 0 Å². The summed E-state index contributed by atoms with van der Waals surface area (Å²) in [6.07, 6.45) is 3.86. The van der Waals surface area contributed by atoms with Crippen LogP contribution in [-0.2, 0) is 7.05 Å². The van der Waals surface area contributed by atoms with E-state index in [0.717, 1.165) is 21.1 Å². The Kier molecular flexibility index (Phi) is 4.24. The maximum Gasteiger partial charge on any atom is 0.191 e. The number of nitriles is 1. The molecule has 0 bridgehead atoms. The fraction of sp³-hybridized carbons (Fsp3) is 0.200. The van der Waals surface area contributed by atoms with Gasteiger partial charge in [0, 0.05) is 29.2 Å². The lowest BCUT2D eigenvalue weighted by atomic mass is 10.2. The minimum atomic E-state index is 0.0276. The van der Waals surface area contributed by atoms with Gasteiger partial charge in [-0.25, -0.2) is 9.97 Å². The lowest BCUT2D eigenvalue weighted by molar-refractivity contribution is 0.932. The Labute approximate surface area is 145 Å². The van der Waals surface area contributed by atoms with Crippen LogP contribution in [0.3, 0.4) is 0 Å². The van der Waals surface area contributed by atoms with Gasteiger partial charge in [-0.1, -0.05) is 11.8 Å². The lowest BCUT2D eigenvalue weighted by Crippen LogP contribution is -2.00. The molecule has 8 heteroatoms. The topological polar surface area (TPSA) is 93.4 Å². The summed E-state index contributed by atoms with van der Waals surface area (Å²) < 4.78 is 3.05. The van der Waals surface area contributed by atoms with Crippen LogP contribution in [0.1, 0.15) is 23.6 Å². The Morgan fingerprint density at radius 2 is 2.17 bits per heavy atom. The maximum absolute atomic E-state index is 8.96. The molecule has 3 aromatic heterocycles. The number of thioether (sulfide) groups is 1. The van der Waals surface area contributed by atoms with Gasteiger partial charge in [0.2, 0.25) is 0 Å². The number of rotatable bonds is 3. The number of aryl methyl sites for hydroxylation is 1. The first-order chi connectivity index (χ1) is 11.0. The highest BCUT2D eigenvalue weighted by Gasteiger charge is 2.15. The van der Waals surface area contributed by atoms with Crippen molar-refractivity contribution in [3.63, 3.8) is 0 Å². The number of pyridine rings is 1. The molecule has 0 saturated heterocycles. The molecule has 0 spiro atoms. The molecule has 3 rings (SSSR count). The first-order valence-corrected chi connectivity index (χ1v) is 8.47. The van der Waals surface area contributed by atoms with Gasteiger partial charge in [-0.05, 0) is 28.9 Å². The van der Waals surface area contributed by atoms with E-state index in [2.05, 4.69) is 36.9 Å². The third kappa shape index (κ3) is 3.16. The van der Waals surface area contributed by atoms with Crippen LogP contribution < -0.4 is 5.73 Å². The van der Waals surface area contributed by atoms with Gasteiger partial charge >= 0.3 is 0 Å². The monoisotopic (exact) mass is 388 g/mol. The first-order valence-electron chi connectivity index (χ1n) is 6.79. The highest BCUT2D eigenvalue weighted by atomic mass is 79.9. The molecule has 0 aliphatic rings. The fourth-order valence-corrected chi connectivity index (χ4v) is 3.74. The molecule has 0 aliphatic heterocycles. The van der Waals surface area contributed by atoms with Crippen LogP contribution >= 0.6 is 27.7 Å². The number of fused-ring (bicyclic) bond motifs is 1. The maximum atomic E-state index is 8.96. The summed E-state index contributed by atoms with van der Waals surface area (Å²) >= 11 is 4.99. The minimum Gasteiger partial charge on any atom is -0.384 e. The molecular weight excluding hydrogens is 376 g/mol. The van der Waals surface area contributed by atoms with E-state index in [1.165, 1.54) is 17.8 Å². The Morgan fingerprint density at radius 3 is 2.91 bits per heavy atom. The fourth-order valence-electron chi connectivity index (χ4n) is 2.24. The van der Waals surface area contributed by atoms with Crippen LogP contribution in [0.4, 0.5) is 5.82 Å². The van der Waals surface area contributed by atoms with Gasteiger partial charge in [0.15, 0.2) is 5.16 Å². The summed E-state index contributed by atoms with van der Waals surface area (Å²) in [5.41, 5.74) is 7.95. The molecule has 0 fully saturated rings. The molecule has 0 aromatic carbocycles. The molecule has 6 nitrogen and oxygen atoms in total. The molecule has 0 saturated carbocycles. The van der Waals surface area contributed by atoms with Gasteiger partial charge < -0.3 is 10.3 Å². The third-order valence-electron chi connectivity index (χ3n) is 3.39. The zero-order valence-electron chi connectivity index (χ0n) is 12.5. The van der Waals surface area contributed by atoms with Crippen molar-refractivity contribution in [2.24, 2.45) is 7.05 Å². The lowest BCUT2D eigenvalue weighted by Gasteiger charge is -2.10. The van der Waals surface area contributed by atoms with Gasteiger partial charge in [0.05, 0.1) is 22.7 Å². The third-order valence-corrected chi connectivity index (χ3v) is 5.01. The van der Waals surface area contributed by atoms with Crippen molar-refractivity contribution in [3.8, 4) is 6.07 Å². The molecule has 3 aromatic rings. The first kappa shape index (κ1) is 15.8. The second-order valence-corrected chi connectivity index (χ2v) is 7.21. The molecule has 0 aliphatic carbocycles. The molecule has 3 heterocycles. The van der Waals surface area contributed by atoms with Crippen molar-refractivity contribution in [2.45, 2.75) is 17.3 Å². The van der Waals surface area contributed by atoms with Crippen LogP contribution in [-0.4, -0.2) is 19.5 Å². The van der Waals surface area contributed by atoms with Crippen LogP contribution in [0.15, 0.2) is 34.2 Å². The molecule has 0 radical (unpaired) electrons. The number of aromatic nitrogens is 4. The van der Waals surface area contributed by atoms with E-state index in [-0.39, 0.29) is 10.9 Å². The van der Waals surface area contributed by atoms with E-state index >= 15 is 0 Å². The van der Waals surface area contributed by atoms with E-state index in [9.17, 15) is 0 Å². The summed E-state index contributed by atoms with van der Waals surface area (Å²) in [6, 6.07) is 5.50. The van der Waals surface area contributed by atoms with E-state index in [0.29, 0.717) is 11.0 Å². The van der Waals surface area contributed by atoms with Gasteiger partial charge in [-0.2, -0.15) is 5.26 Å². The van der Waals surface area contributed by atoms with Crippen LogP contribution in [0.5, 0.6) is 0 Å². The molecule has 2 N–H and O–H groups in total. The number of nitrogens with two attached hydrogens (primary N) is 1. The number of nitrogen functional groups attached to an aromatic ring is 1. The summed E-state index contributed by atoms with van der Waals surface area (Å²) in [5.74, 6) is 0.292. The number of nitrogens with zero attached hydrogens (tertiary/aromatic N) is 5. The van der Waals surface area contributed by atoms with Gasteiger partial charge in [0.25, 0.3) is 0 Å². The molecule has 0 amide bonds. The predicted octanol–water partition coefficient (Wildman–Crippen LogP) is 3.43. The summed E-state index contributed by atoms with van der Waals surface area (Å²) in [4.78, 5) is 12.9. The SMILES string of the molecule is CC(Sc1nc(N)cc(C#N)n1)c1cc2c(Br)cn(C)c2cn1. The summed E-state index contributed by atoms with van der Waals surface area (Å²) in [7, 11) is 1.98. The van der Waals surface area contributed by atoms with Crippen molar-refractivity contribution >= 4 is 44.4 Å². The van der Waals surface area contributed by atoms with Crippen molar-refractivity contribution in [1.82, 2.24) is 19.5 Å². The number of halogens is 1. The highest BCUT2D eigenvalue weighted by Crippen LogP contribution is 2.34. The quantitative estimate of drug-likeness (QED) is 0.545. The molecule has 1 atom stereocenters. The van der Waals surface area contributed by atoms with Crippen LogP contribution in [0.25, 0.3) is 10.9 Å². The summed E-state index contributed by atoms with van der Waals surface area (Å²) in [5, 5.41) is 10.6. The average Bonchev–Trinajstić information content (AvgIpc) is 2.81. The number of hydrogen-bond donors (Lipinski definition) is 1. The van der Waals surface area contributed by atoms with Gasteiger partial charge in [0.1, 0.15) is 17.6 Å². The van der Waals surface area contributed by atoms with E-state index in [1.807, 2.05) is 37.0 Å². The van der Waals surface area contributed by atoms with Gasteiger partial charge in [-0.3, -0.25) is 4.98 Å². The molecule has 116 valence electrons.